The normalized spacial score (nSPS) is 24.3. The molecule has 0 saturated heterocycles. The van der Waals surface area contributed by atoms with E-state index in [1.165, 1.54) is 83.5 Å². The van der Waals surface area contributed by atoms with Gasteiger partial charge in [0.05, 0.1) is 0 Å². The molecular formula is C17H35N. The van der Waals surface area contributed by atoms with Gasteiger partial charge < -0.3 is 5.73 Å². The van der Waals surface area contributed by atoms with E-state index >= 15 is 0 Å². The number of hydrogen-bond donors (Lipinski definition) is 1. The Morgan fingerprint density at radius 2 is 1.33 bits per heavy atom. The van der Waals surface area contributed by atoms with Crippen LogP contribution in [-0.2, 0) is 0 Å². The van der Waals surface area contributed by atoms with Crippen molar-refractivity contribution >= 4 is 0 Å². The van der Waals surface area contributed by atoms with Crippen LogP contribution in [0.5, 0.6) is 0 Å². The summed E-state index contributed by atoms with van der Waals surface area (Å²) in [5.41, 5.74) is 5.49. The standard InChI is InChI=1S/C17H35N/c1-16-12-9-10-14-17(16)13-8-6-4-2-3-5-7-11-15-18/h16-17H,2-15,18H2,1H3. The van der Waals surface area contributed by atoms with Crippen LogP contribution in [0.1, 0.15) is 90.4 Å². The molecule has 1 nitrogen and oxygen atoms in total. The zero-order valence-corrected chi connectivity index (χ0v) is 12.6. The van der Waals surface area contributed by atoms with Crippen LogP contribution in [0.3, 0.4) is 0 Å². The van der Waals surface area contributed by atoms with Crippen molar-refractivity contribution in [2.24, 2.45) is 17.6 Å². The molecule has 0 spiro atoms. The summed E-state index contributed by atoms with van der Waals surface area (Å²) in [5, 5.41) is 0. The van der Waals surface area contributed by atoms with Crippen LogP contribution in [0.2, 0.25) is 0 Å². The molecule has 0 aromatic heterocycles. The highest BCUT2D eigenvalue weighted by Gasteiger charge is 2.20. The summed E-state index contributed by atoms with van der Waals surface area (Å²) in [7, 11) is 0. The molecule has 1 aliphatic carbocycles. The van der Waals surface area contributed by atoms with Crippen LogP contribution < -0.4 is 5.73 Å². The quantitative estimate of drug-likeness (QED) is 0.526. The molecule has 18 heavy (non-hydrogen) atoms. The van der Waals surface area contributed by atoms with Crippen molar-refractivity contribution in [1.82, 2.24) is 0 Å². The monoisotopic (exact) mass is 253 g/mol. The lowest BCUT2D eigenvalue weighted by molar-refractivity contribution is 0.236. The van der Waals surface area contributed by atoms with E-state index in [0.717, 1.165) is 18.4 Å². The molecule has 1 heteroatoms. The van der Waals surface area contributed by atoms with Gasteiger partial charge in [0.2, 0.25) is 0 Å². The van der Waals surface area contributed by atoms with Crippen LogP contribution in [-0.4, -0.2) is 6.54 Å². The first kappa shape index (κ1) is 16.0. The fourth-order valence-electron chi connectivity index (χ4n) is 3.43. The summed E-state index contributed by atoms with van der Waals surface area (Å²) in [6, 6.07) is 0. The second-order valence-corrected chi connectivity index (χ2v) is 6.43. The lowest BCUT2D eigenvalue weighted by atomic mass is 9.78. The number of rotatable bonds is 10. The third-order valence-electron chi connectivity index (χ3n) is 4.82. The topological polar surface area (TPSA) is 26.0 Å². The summed E-state index contributed by atoms with van der Waals surface area (Å²) in [4.78, 5) is 0. The van der Waals surface area contributed by atoms with Crippen molar-refractivity contribution in [1.29, 1.82) is 0 Å². The fraction of sp³-hybridized carbons (Fsp3) is 1.00. The summed E-state index contributed by atoms with van der Waals surface area (Å²) < 4.78 is 0. The van der Waals surface area contributed by atoms with E-state index in [2.05, 4.69) is 6.92 Å². The molecule has 1 aliphatic rings. The van der Waals surface area contributed by atoms with Gasteiger partial charge in [0.15, 0.2) is 0 Å². The average molecular weight is 253 g/mol. The minimum atomic E-state index is 0.875. The van der Waals surface area contributed by atoms with Gasteiger partial charge in [-0.15, -0.1) is 0 Å². The van der Waals surface area contributed by atoms with E-state index in [9.17, 15) is 0 Å². The Balaban J connectivity index is 1.83. The fourth-order valence-corrected chi connectivity index (χ4v) is 3.43. The number of nitrogens with two attached hydrogens (primary N) is 1. The van der Waals surface area contributed by atoms with Crippen molar-refractivity contribution < 1.29 is 0 Å². The lowest BCUT2D eigenvalue weighted by Gasteiger charge is -2.28. The summed E-state index contributed by atoms with van der Waals surface area (Å²) in [6.45, 7) is 3.35. The Hall–Kier alpha value is -0.0400. The zero-order valence-electron chi connectivity index (χ0n) is 12.6. The van der Waals surface area contributed by atoms with Gasteiger partial charge in [-0.1, -0.05) is 84.0 Å². The maximum atomic E-state index is 5.49. The van der Waals surface area contributed by atoms with Crippen LogP contribution in [0.4, 0.5) is 0 Å². The Bertz CT molecular complexity index is 178. The van der Waals surface area contributed by atoms with Gasteiger partial charge in [-0.05, 0) is 24.8 Å². The van der Waals surface area contributed by atoms with Gasteiger partial charge in [0.1, 0.15) is 0 Å². The van der Waals surface area contributed by atoms with Gasteiger partial charge in [0, 0.05) is 0 Å². The van der Waals surface area contributed by atoms with Crippen molar-refractivity contribution in [3.8, 4) is 0 Å². The van der Waals surface area contributed by atoms with Crippen molar-refractivity contribution in [3.63, 3.8) is 0 Å². The predicted molar refractivity (Wildman–Crippen MR) is 81.7 cm³/mol. The first-order valence-electron chi connectivity index (χ1n) is 8.54. The molecule has 0 amide bonds. The highest BCUT2D eigenvalue weighted by molar-refractivity contribution is 4.72. The van der Waals surface area contributed by atoms with E-state index in [4.69, 9.17) is 5.73 Å². The molecule has 0 aromatic carbocycles. The molecule has 2 unspecified atom stereocenters. The highest BCUT2D eigenvalue weighted by atomic mass is 14.5. The second kappa shape index (κ2) is 10.8. The van der Waals surface area contributed by atoms with Gasteiger partial charge in [-0.3, -0.25) is 0 Å². The molecule has 2 atom stereocenters. The third kappa shape index (κ3) is 7.41. The average Bonchev–Trinajstić information content (AvgIpc) is 2.39. The Labute approximate surface area is 115 Å². The minimum Gasteiger partial charge on any atom is -0.330 e. The number of hydrogen-bond acceptors (Lipinski definition) is 1. The van der Waals surface area contributed by atoms with Crippen molar-refractivity contribution in [2.45, 2.75) is 90.4 Å². The molecule has 0 radical (unpaired) electrons. The Morgan fingerprint density at radius 1 is 0.778 bits per heavy atom. The van der Waals surface area contributed by atoms with Crippen molar-refractivity contribution in [2.75, 3.05) is 6.54 Å². The highest BCUT2D eigenvalue weighted by Crippen LogP contribution is 2.33. The molecule has 0 bridgehead atoms. The first-order valence-corrected chi connectivity index (χ1v) is 8.54. The maximum Gasteiger partial charge on any atom is -0.00773 e. The van der Waals surface area contributed by atoms with Crippen LogP contribution in [0, 0.1) is 11.8 Å². The smallest absolute Gasteiger partial charge is 0.00773 e. The molecule has 1 fully saturated rings. The van der Waals surface area contributed by atoms with Crippen LogP contribution in [0.15, 0.2) is 0 Å². The second-order valence-electron chi connectivity index (χ2n) is 6.43. The van der Waals surface area contributed by atoms with Gasteiger partial charge in [-0.2, -0.15) is 0 Å². The van der Waals surface area contributed by atoms with E-state index in [0.29, 0.717) is 0 Å². The first-order chi connectivity index (χ1) is 8.84. The third-order valence-corrected chi connectivity index (χ3v) is 4.82. The summed E-state index contributed by atoms with van der Waals surface area (Å²) in [6.07, 6.45) is 18.8. The molecular weight excluding hydrogens is 218 g/mol. The lowest BCUT2D eigenvalue weighted by Crippen LogP contribution is -2.16. The van der Waals surface area contributed by atoms with Crippen molar-refractivity contribution in [3.05, 3.63) is 0 Å². The predicted octanol–water partition coefficient (Wildman–Crippen LogP) is 5.28. The van der Waals surface area contributed by atoms with E-state index in [-0.39, 0.29) is 0 Å². The van der Waals surface area contributed by atoms with E-state index in [1.807, 2.05) is 0 Å². The summed E-state index contributed by atoms with van der Waals surface area (Å²) in [5.74, 6) is 2.07. The van der Waals surface area contributed by atoms with Gasteiger partial charge in [0.25, 0.3) is 0 Å². The SMILES string of the molecule is CC1CCCCC1CCCCCCCCCCN. The van der Waals surface area contributed by atoms with Gasteiger partial charge in [-0.25, -0.2) is 0 Å². The summed E-state index contributed by atoms with van der Waals surface area (Å²) >= 11 is 0. The molecule has 2 N–H and O–H groups in total. The molecule has 1 rings (SSSR count). The number of unbranched alkanes of at least 4 members (excludes halogenated alkanes) is 7. The maximum absolute atomic E-state index is 5.49. The minimum absolute atomic E-state index is 0.875. The Morgan fingerprint density at radius 3 is 1.94 bits per heavy atom. The molecule has 0 aromatic rings. The zero-order chi connectivity index (χ0) is 13.1. The van der Waals surface area contributed by atoms with E-state index < -0.39 is 0 Å². The molecule has 0 aliphatic heterocycles. The largest absolute Gasteiger partial charge is 0.330 e. The Kier molecular flexibility index (Phi) is 9.65. The molecule has 1 saturated carbocycles. The van der Waals surface area contributed by atoms with Crippen LogP contribution >= 0.6 is 0 Å². The van der Waals surface area contributed by atoms with E-state index in [1.54, 1.807) is 0 Å². The van der Waals surface area contributed by atoms with Crippen LogP contribution in [0.25, 0.3) is 0 Å². The van der Waals surface area contributed by atoms with Gasteiger partial charge >= 0.3 is 0 Å². The molecule has 0 heterocycles. The molecule has 108 valence electrons.